The molecule has 0 N–H and O–H groups in total. The zero-order valence-electron chi connectivity index (χ0n) is 13.1. The molecule has 1 saturated carbocycles. The molecule has 3 rings (SSSR count). The summed E-state index contributed by atoms with van der Waals surface area (Å²) < 4.78 is 0. The summed E-state index contributed by atoms with van der Waals surface area (Å²) in [6.45, 7) is 4.19. The molecule has 116 valence electrons. The Kier molecular flexibility index (Phi) is 3.53. The second kappa shape index (κ2) is 5.03. The minimum absolute atomic E-state index is 0.00947. The molecular weight excluding hydrogens is 295 g/mol. The molecule has 0 bridgehead atoms. The lowest BCUT2D eigenvalue weighted by atomic mass is 9.65. The molecule has 0 aromatic carbocycles. The molecule has 0 saturated heterocycles. The normalized spacial score (nSPS) is 31.5. The predicted molar refractivity (Wildman–Crippen MR) is 87.0 cm³/mol. The summed E-state index contributed by atoms with van der Waals surface area (Å²) in [6.07, 6.45) is 8.01. The zero-order valence-corrected chi connectivity index (χ0v) is 14.2. The number of Topliss-reactive ketones (excluding diaryl/α,β-unsaturated/α-hetero) is 1. The van der Waals surface area contributed by atoms with Gasteiger partial charge in [-0.05, 0) is 38.3 Å². The van der Waals surface area contributed by atoms with Gasteiger partial charge in [0.25, 0.3) is 0 Å². The molecule has 1 unspecified atom stereocenters. The Morgan fingerprint density at radius 3 is 2.55 bits per heavy atom. The minimum atomic E-state index is -0.941. The number of nitrogens with zero attached hydrogens (tertiary/aromatic N) is 2. The van der Waals surface area contributed by atoms with E-state index in [-0.39, 0.29) is 17.3 Å². The Hall–Kier alpha value is -1.46. The second-order valence-corrected chi connectivity index (χ2v) is 7.92. The minimum Gasteiger partial charge on any atom is -0.335 e. The number of carbonyl (C=O) groups excluding carboxylic acids is 2. The summed E-state index contributed by atoms with van der Waals surface area (Å²) in [5.74, 6) is -0.184. The van der Waals surface area contributed by atoms with Crippen LogP contribution in [0, 0.1) is 16.7 Å². The van der Waals surface area contributed by atoms with Crippen LogP contribution < -0.4 is 0 Å². The van der Waals surface area contributed by atoms with Gasteiger partial charge in [0.1, 0.15) is 11.2 Å². The van der Waals surface area contributed by atoms with Gasteiger partial charge in [0.15, 0.2) is 5.78 Å². The largest absolute Gasteiger partial charge is 0.335 e. The molecule has 2 atom stereocenters. The highest BCUT2D eigenvalue weighted by molar-refractivity contribution is 7.22. The maximum absolute atomic E-state index is 13.1. The highest BCUT2D eigenvalue weighted by Gasteiger charge is 2.54. The van der Waals surface area contributed by atoms with E-state index in [1.807, 2.05) is 30.9 Å². The number of amides is 1. The van der Waals surface area contributed by atoms with Crippen LogP contribution in [0.3, 0.4) is 0 Å². The molecule has 0 radical (unpaired) electrons. The van der Waals surface area contributed by atoms with E-state index in [4.69, 9.17) is 0 Å². The molecule has 0 aromatic heterocycles. The highest BCUT2D eigenvalue weighted by atomic mass is 31.0. The van der Waals surface area contributed by atoms with Crippen LogP contribution in [-0.2, 0) is 9.59 Å². The van der Waals surface area contributed by atoms with Crippen molar-refractivity contribution < 1.29 is 9.59 Å². The van der Waals surface area contributed by atoms with Crippen molar-refractivity contribution in [3.63, 3.8) is 0 Å². The summed E-state index contributed by atoms with van der Waals surface area (Å²) in [6, 6.07) is 2.27. The van der Waals surface area contributed by atoms with E-state index in [9.17, 15) is 14.9 Å². The van der Waals surface area contributed by atoms with Crippen LogP contribution in [0.2, 0.25) is 0 Å². The van der Waals surface area contributed by atoms with E-state index in [1.165, 1.54) is 0 Å². The average molecular weight is 316 g/mol. The van der Waals surface area contributed by atoms with Gasteiger partial charge in [0.2, 0.25) is 5.91 Å². The van der Waals surface area contributed by atoms with Crippen LogP contribution in [0.5, 0.6) is 0 Å². The topological polar surface area (TPSA) is 61.2 Å². The smallest absolute Gasteiger partial charge is 0.241 e. The van der Waals surface area contributed by atoms with Crippen LogP contribution in [0.15, 0.2) is 23.3 Å². The number of rotatable bonds is 1. The Morgan fingerprint density at radius 1 is 1.32 bits per heavy atom. The monoisotopic (exact) mass is 316 g/mol. The fraction of sp³-hybridized carbons (Fsp3) is 0.588. The molecule has 1 amide bonds. The molecule has 5 heteroatoms. The third kappa shape index (κ3) is 1.99. The predicted octanol–water partition coefficient (Wildman–Crippen LogP) is 2.37. The first kappa shape index (κ1) is 15.4. The summed E-state index contributed by atoms with van der Waals surface area (Å²) in [5, 5.41) is 8.33. The van der Waals surface area contributed by atoms with E-state index >= 15 is 0 Å². The number of fused-ring (bicyclic) bond motifs is 1. The summed E-state index contributed by atoms with van der Waals surface area (Å²) in [7, 11) is 2.62. The molecule has 22 heavy (non-hydrogen) atoms. The summed E-state index contributed by atoms with van der Waals surface area (Å²) >= 11 is 0. The van der Waals surface area contributed by atoms with Crippen molar-refractivity contribution in [1.82, 2.24) is 4.90 Å². The van der Waals surface area contributed by atoms with Gasteiger partial charge in [0, 0.05) is 12.6 Å². The fourth-order valence-corrected chi connectivity index (χ4v) is 4.88. The molecule has 4 nitrogen and oxygen atoms in total. The van der Waals surface area contributed by atoms with Gasteiger partial charge < -0.3 is 4.90 Å². The molecule has 1 heterocycles. The Labute approximate surface area is 133 Å². The van der Waals surface area contributed by atoms with Crippen LogP contribution >= 0.6 is 9.24 Å². The number of hydrogen-bond donors (Lipinski definition) is 0. The van der Waals surface area contributed by atoms with E-state index < -0.39 is 10.6 Å². The van der Waals surface area contributed by atoms with E-state index in [0.29, 0.717) is 12.6 Å². The SMILES string of the molecule is CC1(C)C(=O)C(C#N)=C[C@@]2(P)C(=O)N(C3CCCC3)CC=C12. The third-order valence-electron chi connectivity index (χ3n) is 5.30. The van der Waals surface area contributed by atoms with Crippen molar-refractivity contribution >= 4 is 20.9 Å². The Balaban J connectivity index is 2.09. The lowest BCUT2D eigenvalue weighted by Crippen LogP contribution is -2.57. The molecule has 0 aromatic rings. The number of carbonyl (C=O) groups is 2. The molecule has 2 aliphatic carbocycles. The Bertz CT molecular complexity index is 650. The van der Waals surface area contributed by atoms with Crippen molar-refractivity contribution in [1.29, 1.82) is 5.26 Å². The van der Waals surface area contributed by atoms with Crippen LogP contribution in [-0.4, -0.2) is 34.3 Å². The number of ketones is 1. The Morgan fingerprint density at radius 2 is 1.95 bits per heavy atom. The van der Waals surface area contributed by atoms with Crippen molar-refractivity contribution in [3.8, 4) is 6.07 Å². The quantitative estimate of drug-likeness (QED) is 0.551. The van der Waals surface area contributed by atoms with Gasteiger partial charge in [-0.1, -0.05) is 18.9 Å². The summed E-state index contributed by atoms with van der Waals surface area (Å²) in [5.41, 5.74) is 0.103. The van der Waals surface area contributed by atoms with Crippen LogP contribution in [0.1, 0.15) is 39.5 Å². The van der Waals surface area contributed by atoms with Crippen molar-refractivity contribution in [2.45, 2.75) is 50.7 Å². The van der Waals surface area contributed by atoms with Crippen molar-refractivity contribution in [2.75, 3.05) is 6.54 Å². The zero-order chi connectivity index (χ0) is 16.1. The van der Waals surface area contributed by atoms with E-state index in [1.54, 1.807) is 6.08 Å². The summed E-state index contributed by atoms with van der Waals surface area (Å²) in [4.78, 5) is 27.5. The molecule has 0 spiro atoms. The third-order valence-corrected chi connectivity index (χ3v) is 6.02. The molecule has 3 aliphatic rings. The van der Waals surface area contributed by atoms with E-state index in [2.05, 4.69) is 9.24 Å². The van der Waals surface area contributed by atoms with E-state index in [0.717, 1.165) is 31.3 Å². The van der Waals surface area contributed by atoms with Gasteiger partial charge in [-0.3, -0.25) is 9.59 Å². The fourth-order valence-electron chi connectivity index (χ4n) is 4.07. The first-order chi connectivity index (χ1) is 10.3. The number of nitriles is 1. The van der Waals surface area contributed by atoms with Gasteiger partial charge in [0.05, 0.1) is 11.0 Å². The van der Waals surface area contributed by atoms with Gasteiger partial charge in [-0.15, -0.1) is 9.24 Å². The van der Waals surface area contributed by atoms with Gasteiger partial charge in [-0.2, -0.15) is 5.26 Å². The van der Waals surface area contributed by atoms with Crippen LogP contribution in [0.4, 0.5) is 0 Å². The van der Waals surface area contributed by atoms with Crippen molar-refractivity contribution in [3.05, 3.63) is 23.3 Å². The number of hydrogen-bond acceptors (Lipinski definition) is 3. The molecule has 1 fully saturated rings. The van der Waals surface area contributed by atoms with Gasteiger partial charge >= 0.3 is 0 Å². The molecule has 1 aliphatic heterocycles. The lowest BCUT2D eigenvalue weighted by Gasteiger charge is -2.47. The standard InChI is InChI=1S/C17H21N2O2P/c1-16(2)13-7-8-19(12-5-3-4-6-12)15(21)17(13,22)9-11(10-18)14(16)20/h7,9,12H,3-6,8,22H2,1-2H3/t17-/m0/s1. The average Bonchev–Trinajstić information content (AvgIpc) is 2.99. The maximum atomic E-state index is 13.1. The second-order valence-electron chi connectivity index (χ2n) is 7.01. The van der Waals surface area contributed by atoms with Gasteiger partial charge in [-0.25, -0.2) is 0 Å². The first-order valence-electron chi connectivity index (χ1n) is 7.81. The number of allylic oxidation sites excluding steroid dienone is 1. The lowest BCUT2D eigenvalue weighted by molar-refractivity contribution is -0.135. The maximum Gasteiger partial charge on any atom is 0.241 e. The first-order valence-corrected chi connectivity index (χ1v) is 8.39. The van der Waals surface area contributed by atoms with Crippen molar-refractivity contribution in [2.24, 2.45) is 5.41 Å². The molecular formula is C17H21N2O2P. The highest BCUT2D eigenvalue weighted by Crippen LogP contribution is 2.50. The van der Waals surface area contributed by atoms with Crippen LogP contribution in [0.25, 0.3) is 0 Å².